The van der Waals surface area contributed by atoms with Gasteiger partial charge in [0.1, 0.15) is 6.10 Å². The number of hydrogen-bond acceptors (Lipinski definition) is 2. The Bertz CT molecular complexity index is 534. The van der Waals surface area contributed by atoms with Crippen molar-refractivity contribution >= 4 is 5.57 Å². The van der Waals surface area contributed by atoms with E-state index in [1.54, 1.807) is 0 Å². The molecule has 0 aliphatic carbocycles. The molecular weight excluding hydrogens is 246 g/mol. The van der Waals surface area contributed by atoms with E-state index in [0.29, 0.717) is 0 Å². The van der Waals surface area contributed by atoms with Crippen LogP contribution in [-0.4, -0.2) is 18.2 Å². The lowest BCUT2D eigenvalue weighted by atomic mass is 9.95. The van der Waals surface area contributed by atoms with Crippen molar-refractivity contribution in [2.24, 2.45) is 0 Å². The van der Waals surface area contributed by atoms with E-state index >= 15 is 0 Å². The fourth-order valence-corrected chi connectivity index (χ4v) is 2.16. The predicted molar refractivity (Wildman–Crippen MR) is 84.4 cm³/mol. The zero-order valence-corrected chi connectivity index (χ0v) is 11.8. The van der Waals surface area contributed by atoms with Crippen LogP contribution in [0.15, 0.2) is 66.7 Å². The van der Waals surface area contributed by atoms with Gasteiger partial charge in [-0.2, -0.15) is 0 Å². The van der Waals surface area contributed by atoms with Gasteiger partial charge in [-0.05, 0) is 23.2 Å². The molecule has 2 nitrogen and oxygen atoms in total. The maximum Gasteiger partial charge on any atom is 0.104 e. The smallest absolute Gasteiger partial charge is 0.104 e. The minimum absolute atomic E-state index is 0.600. The topological polar surface area (TPSA) is 32.3 Å². The summed E-state index contributed by atoms with van der Waals surface area (Å²) >= 11 is 0. The van der Waals surface area contributed by atoms with Crippen LogP contribution in [0.3, 0.4) is 0 Å². The van der Waals surface area contributed by atoms with Gasteiger partial charge in [0.15, 0.2) is 0 Å². The number of rotatable bonds is 6. The van der Waals surface area contributed by atoms with E-state index in [9.17, 15) is 5.11 Å². The van der Waals surface area contributed by atoms with Crippen molar-refractivity contribution < 1.29 is 5.11 Å². The second kappa shape index (κ2) is 7.63. The van der Waals surface area contributed by atoms with Crippen LogP contribution in [0.2, 0.25) is 0 Å². The lowest BCUT2D eigenvalue weighted by Crippen LogP contribution is -2.13. The first-order valence-electron chi connectivity index (χ1n) is 7.02. The van der Waals surface area contributed by atoms with E-state index in [-0.39, 0.29) is 0 Å². The Morgan fingerprint density at radius 1 is 1.05 bits per heavy atom. The van der Waals surface area contributed by atoms with Gasteiger partial charge in [-0.1, -0.05) is 73.7 Å². The zero-order chi connectivity index (χ0) is 14.2. The van der Waals surface area contributed by atoms with Crippen LogP contribution in [0, 0.1) is 0 Å². The van der Waals surface area contributed by atoms with Gasteiger partial charge in [0.05, 0.1) is 0 Å². The van der Waals surface area contributed by atoms with Crippen molar-refractivity contribution in [3.05, 3.63) is 77.9 Å². The van der Waals surface area contributed by atoms with Crippen molar-refractivity contribution in [2.75, 3.05) is 13.1 Å². The van der Waals surface area contributed by atoms with Gasteiger partial charge in [0, 0.05) is 6.54 Å². The first-order chi connectivity index (χ1) is 9.83. The van der Waals surface area contributed by atoms with Gasteiger partial charge in [-0.15, -0.1) is 0 Å². The second-order valence-corrected chi connectivity index (χ2v) is 4.65. The van der Waals surface area contributed by atoms with Crippen LogP contribution in [0.1, 0.15) is 24.2 Å². The summed E-state index contributed by atoms with van der Waals surface area (Å²) in [6.07, 6.45) is 1.47. The molecule has 0 aromatic heterocycles. The van der Waals surface area contributed by atoms with E-state index < -0.39 is 6.10 Å². The molecule has 2 heteroatoms. The van der Waals surface area contributed by atoms with Gasteiger partial charge < -0.3 is 10.4 Å². The number of nitrogens with one attached hydrogen (secondary N) is 1. The van der Waals surface area contributed by atoms with Crippen molar-refractivity contribution in [1.29, 1.82) is 0 Å². The average Bonchev–Trinajstić information content (AvgIpc) is 2.53. The highest BCUT2D eigenvalue weighted by molar-refractivity contribution is 5.70. The summed E-state index contributed by atoms with van der Waals surface area (Å²) in [6, 6.07) is 19.8. The third kappa shape index (κ3) is 3.80. The van der Waals surface area contributed by atoms with Crippen molar-refractivity contribution in [3.63, 3.8) is 0 Å². The van der Waals surface area contributed by atoms with Crippen molar-refractivity contribution in [2.45, 2.75) is 13.0 Å². The summed E-state index contributed by atoms with van der Waals surface area (Å²) in [5.41, 5.74) is 2.92. The Morgan fingerprint density at radius 2 is 1.65 bits per heavy atom. The molecule has 2 aromatic carbocycles. The number of hydrogen-bond donors (Lipinski definition) is 2. The van der Waals surface area contributed by atoms with Crippen molar-refractivity contribution in [3.8, 4) is 0 Å². The molecule has 0 aliphatic rings. The molecule has 0 radical (unpaired) electrons. The third-order valence-electron chi connectivity index (χ3n) is 3.23. The molecule has 1 unspecified atom stereocenters. The molecule has 0 spiro atoms. The molecule has 2 N–H and O–H groups in total. The van der Waals surface area contributed by atoms with Crippen molar-refractivity contribution in [1.82, 2.24) is 5.32 Å². The number of likely N-dealkylation sites (N-methyl/N-ethyl adjacent to an activating group) is 1. The molecule has 0 fully saturated rings. The SMILES string of the molecule is CCNC/C=C(\c1ccccc1)C(O)c1ccccc1. The molecule has 2 aromatic rings. The van der Waals surface area contributed by atoms with Crippen LogP contribution in [-0.2, 0) is 0 Å². The minimum Gasteiger partial charge on any atom is -0.384 e. The van der Waals surface area contributed by atoms with E-state index in [1.807, 2.05) is 60.7 Å². The third-order valence-corrected chi connectivity index (χ3v) is 3.23. The maximum absolute atomic E-state index is 10.6. The largest absolute Gasteiger partial charge is 0.384 e. The Hall–Kier alpha value is -1.90. The molecule has 0 amide bonds. The molecular formula is C18H21NO. The second-order valence-electron chi connectivity index (χ2n) is 4.65. The fourth-order valence-electron chi connectivity index (χ4n) is 2.16. The zero-order valence-electron chi connectivity index (χ0n) is 11.8. The lowest BCUT2D eigenvalue weighted by Gasteiger charge is -2.16. The summed E-state index contributed by atoms with van der Waals surface area (Å²) in [7, 11) is 0. The molecule has 0 heterocycles. The van der Waals surface area contributed by atoms with Gasteiger partial charge in [0.25, 0.3) is 0 Å². The van der Waals surface area contributed by atoms with E-state index in [1.165, 1.54) is 0 Å². The first-order valence-corrected chi connectivity index (χ1v) is 7.02. The summed E-state index contributed by atoms with van der Waals surface area (Å²) < 4.78 is 0. The monoisotopic (exact) mass is 267 g/mol. The molecule has 0 saturated carbocycles. The predicted octanol–water partition coefficient (Wildman–Crippen LogP) is 3.41. The molecule has 104 valence electrons. The summed E-state index contributed by atoms with van der Waals surface area (Å²) in [5, 5.41) is 13.9. The van der Waals surface area contributed by atoms with E-state index in [2.05, 4.69) is 18.3 Å². The summed E-state index contributed by atoms with van der Waals surface area (Å²) in [4.78, 5) is 0. The van der Waals surface area contributed by atoms with Gasteiger partial charge >= 0.3 is 0 Å². The van der Waals surface area contributed by atoms with E-state index in [0.717, 1.165) is 29.8 Å². The van der Waals surface area contributed by atoms with Crippen LogP contribution >= 0.6 is 0 Å². The Morgan fingerprint density at radius 3 is 2.25 bits per heavy atom. The quantitative estimate of drug-likeness (QED) is 0.786. The highest BCUT2D eigenvalue weighted by Gasteiger charge is 2.14. The lowest BCUT2D eigenvalue weighted by molar-refractivity contribution is 0.238. The fraction of sp³-hybridized carbons (Fsp3) is 0.222. The Kier molecular flexibility index (Phi) is 5.54. The Labute approximate surface area is 120 Å². The molecule has 0 saturated heterocycles. The average molecular weight is 267 g/mol. The van der Waals surface area contributed by atoms with Crippen LogP contribution in [0.4, 0.5) is 0 Å². The van der Waals surface area contributed by atoms with Crippen LogP contribution in [0.25, 0.3) is 5.57 Å². The maximum atomic E-state index is 10.6. The highest BCUT2D eigenvalue weighted by atomic mass is 16.3. The van der Waals surface area contributed by atoms with Gasteiger partial charge in [-0.3, -0.25) is 0 Å². The molecule has 2 rings (SSSR count). The molecule has 1 atom stereocenters. The summed E-state index contributed by atoms with van der Waals surface area (Å²) in [6.45, 7) is 3.74. The highest BCUT2D eigenvalue weighted by Crippen LogP contribution is 2.29. The number of benzene rings is 2. The van der Waals surface area contributed by atoms with Gasteiger partial charge in [0.2, 0.25) is 0 Å². The number of aliphatic hydroxyl groups excluding tert-OH is 1. The van der Waals surface area contributed by atoms with Gasteiger partial charge in [-0.25, -0.2) is 0 Å². The summed E-state index contributed by atoms with van der Waals surface area (Å²) in [5.74, 6) is 0. The Balaban J connectivity index is 2.29. The standard InChI is InChI=1S/C18H21NO/c1-2-19-14-13-17(15-9-5-3-6-10-15)18(20)16-11-7-4-8-12-16/h3-13,18-20H,2,14H2,1H3/b17-13+. The van der Waals surface area contributed by atoms with E-state index in [4.69, 9.17) is 0 Å². The van der Waals surface area contributed by atoms with Crippen LogP contribution in [0.5, 0.6) is 0 Å². The molecule has 0 bridgehead atoms. The minimum atomic E-state index is -0.600. The number of aliphatic hydroxyl groups is 1. The van der Waals surface area contributed by atoms with Crippen LogP contribution < -0.4 is 5.32 Å². The normalized spacial score (nSPS) is 13.2. The molecule has 0 aliphatic heterocycles. The molecule has 20 heavy (non-hydrogen) atoms. The first kappa shape index (κ1) is 14.5.